The van der Waals surface area contributed by atoms with Gasteiger partial charge >= 0.3 is 11.8 Å². The van der Waals surface area contributed by atoms with E-state index in [0.717, 1.165) is 5.75 Å². The Balaban J connectivity index is 1.51. The second-order valence-corrected chi connectivity index (χ2v) is 5.15. The van der Waals surface area contributed by atoms with Crippen LogP contribution in [0.5, 0.6) is 5.75 Å². The summed E-state index contributed by atoms with van der Waals surface area (Å²) in [5.74, 6) is 0.315. The van der Waals surface area contributed by atoms with Gasteiger partial charge in [0, 0.05) is 12.7 Å². The van der Waals surface area contributed by atoms with Crippen molar-refractivity contribution in [1.82, 2.24) is 9.88 Å². The molecule has 0 atom stereocenters. The van der Waals surface area contributed by atoms with Crippen LogP contribution in [0.3, 0.4) is 0 Å². The van der Waals surface area contributed by atoms with E-state index < -0.39 is 5.76 Å². The highest BCUT2D eigenvalue weighted by Crippen LogP contribution is 2.17. The molecular formula is C17H17N3O4. The molecule has 3 aromatic rings. The summed E-state index contributed by atoms with van der Waals surface area (Å²) in [7, 11) is 1.61. The highest BCUT2D eigenvalue weighted by atomic mass is 16.5. The highest BCUT2D eigenvalue weighted by Gasteiger charge is 2.08. The molecule has 24 heavy (non-hydrogen) atoms. The molecule has 0 saturated carbocycles. The fraction of sp³-hybridized carbons (Fsp3) is 0.176. The summed E-state index contributed by atoms with van der Waals surface area (Å²) in [6.07, 6.45) is 0. The molecule has 0 aliphatic carbocycles. The van der Waals surface area contributed by atoms with Crippen LogP contribution in [0.25, 0.3) is 11.1 Å². The van der Waals surface area contributed by atoms with Gasteiger partial charge in [-0.1, -0.05) is 18.2 Å². The van der Waals surface area contributed by atoms with Crippen LogP contribution in [0.15, 0.2) is 57.7 Å². The predicted octanol–water partition coefficient (Wildman–Crippen LogP) is 2.33. The molecule has 2 aromatic carbocycles. The van der Waals surface area contributed by atoms with Crippen LogP contribution >= 0.6 is 0 Å². The number of benzene rings is 2. The van der Waals surface area contributed by atoms with Gasteiger partial charge in [-0.2, -0.15) is 0 Å². The molecule has 0 saturated heterocycles. The van der Waals surface area contributed by atoms with Crippen molar-refractivity contribution in [2.45, 2.75) is 0 Å². The molecular weight excluding hydrogens is 310 g/mol. The quantitative estimate of drug-likeness (QED) is 0.704. The third-order valence-electron chi connectivity index (χ3n) is 3.45. The maximum atomic E-state index is 11.9. The number of aryl methyl sites for hydroxylation is 1. The van der Waals surface area contributed by atoms with Crippen molar-refractivity contribution in [2.75, 3.05) is 18.5 Å². The van der Waals surface area contributed by atoms with E-state index >= 15 is 0 Å². The average Bonchev–Trinajstić information content (AvgIpc) is 2.87. The van der Waals surface area contributed by atoms with Gasteiger partial charge < -0.3 is 19.8 Å². The van der Waals surface area contributed by atoms with Crippen LogP contribution in [0.2, 0.25) is 0 Å². The van der Waals surface area contributed by atoms with Gasteiger partial charge in [0.1, 0.15) is 12.4 Å². The molecule has 2 N–H and O–H groups in total. The lowest BCUT2D eigenvalue weighted by Crippen LogP contribution is -2.32. The molecule has 1 heterocycles. The first-order valence-corrected chi connectivity index (χ1v) is 7.46. The van der Waals surface area contributed by atoms with Crippen LogP contribution in [-0.2, 0) is 7.05 Å². The topological polar surface area (TPSA) is 85.5 Å². The Morgan fingerprint density at radius 3 is 2.79 bits per heavy atom. The first kappa shape index (κ1) is 15.7. The molecule has 0 fully saturated rings. The summed E-state index contributed by atoms with van der Waals surface area (Å²) in [5.41, 5.74) is 1.66. The van der Waals surface area contributed by atoms with E-state index in [1.54, 1.807) is 25.2 Å². The number of carbonyl (C=O) groups excluding carboxylic acids is 1. The molecule has 2 amide bonds. The Bertz CT molecular complexity index is 899. The largest absolute Gasteiger partial charge is 0.492 e. The van der Waals surface area contributed by atoms with Gasteiger partial charge in [0.05, 0.1) is 12.1 Å². The van der Waals surface area contributed by atoms with Crippen LogP contribution in [0.1, 0.15) is 0 Å². The first-order valence-electron chi connectivity index (χ1n) is 7.46. The van der Waals surface area contributed by atoms with Crippen LogP contribution in [0.4, 0.5) is 10.5 Å². The summed E-state index contributed by atoms with van der Waals surface area (Å²) in [5, 5.41) is 5.41. The molecule has 0 radical (unpaired) electrons. The minimum atomic E-state index is -0.440. The van der Waals surface area contributed by atoms with E-state index in [1.165, 1.54) is 4.57 Å². The summed E-state index contributed by atoms with van der Waals surface area (Å²) in [6, 6.07) is 14.0. The molecule has 0 spiro atoms. The number of oxazole rings is 1. The number of aromatic nitrogens is 1. The van der Waals surface area contributed by atoms with Gasteiger partial charge in [-0.05, 0) is 30.3 Å². The summed E-state index contributed by atoms with van der Waals surface area (Å²) < 4.78 is 11.9. The molecule has 0 aliphatic heterocycles. The van der Waals surface area contributed by atoms with Crippen molar-refractivity contribution < 1.29 is 13.9 Å². The van der Waals surface area contributed by atoms with Gasteiger partial charge in [0.15, 0.2) is 5.58 Å². The van der Waals surface area contributed by atoms with Crippen molar-refractivity contribution in [2.24, 2.45) is 7.05 Å². The summed E-state index contributed by atoms with van der Waals surface area (Å²) in [6.45, 7) is 0.736. The monoisotopic (exact) mass is 327 g/mol. The number of amides is 2. The minimum Gasteiger partial charge on any atom is -0.492 e. The fourth-order valence-electron chi connectivity index (χ4n) is 2.23. The number of rotatable bonds is 5. The van der Waals surface area contributed by atoms with Gasteiger partial charge in [-0.25, -0.2) is 9.59 Å². The van der Waals surface area contributed by atoms with Gasteiger partial charge in [0.25, 0.3) is 0 Å². The van der Waals surface area contributed by atoms with Gasteiger partial charge in [0.2, 0.25) is 0 Å². The van der Waals surface area contributed by atoms with Crippen LogP contribution < -0.4 is 21.1 Å². The third kappa shape index (κ3) is 3.57. The Morgan fingerprint density at radius 2 is 2.00 bits per heavy atom. The Labute approximate surface area is 137 Å². The standard InChI is InChI=1S/C17H17N3O4/c1-20-14-11-12(7-8-15(14)24-17(20)22)19-16(21)18-9-10-23-13-5-3-2-4-6-13/h2-8,11H,9-10H2,1H3,(H2,18,19,21). The molecule has 0 aliphatic rings. The average molecular weight is 327 g/mol. The molecule has 0 bridgehead atoms. The molecule has 7 nitrogen and oxygen atoms in total. The van der Waals surface area contributed by atoms with Crippen molar-refractivity contribution >= 4 is 22.8 Å². The lowest BCUT2D eigenvalue weighted by Gasteiger charge is -2.09. The van der Waals surface area contributed by atoms with Crippen molar-refractivity contribution in [1.29, 1.82) is 0 Å². The normalized spacial score (nSPS) is 10.5. The number of nitrogens with zero attached hydrogens (tertiary/aromatic N) is 1. The lowest BCUT2D eigenvalue weighted by molar-refractivity contribution is 0.247. The number of anilines is 1. The second kappa shape index (κ2) is 6.91. The molecule has 3 rings (SSSR count). The zero-order valence-electron chi connectivity index (χ0n) is 13.1. The number of carbonyl (C=O) groups is 1. The predicted molar refractivity (Wildman–Crippen MR) is 90.4 cm³/mol. The van der Waals surface area contributed by atoms with Crippen molar-refractivity contribution in [3.63, 3.8) is 0 Å². The first-order chi connectivity index (χ1) is 11.6. The Hall–Kier alpha value is -3.22. The van der Waals surface area contributed by atoms with Gasteiger partial charge in [-0.3, -0.25) is 4.57 Å². The minimum absolute atomic E-state index is 0.348. The van der Waals surface area contributed by atoms with E-state index in [4.69, 9.17) is 9.15 Å². The third-order valence-corrected chi connectivity index (χ3v) is 3.45. The smallest absolute Gasteiger partial charge is 0.419 e. The SMILES string of the molecule is Cn1c(=O)oc2ccc(NC(=O)NCCOc3ccccc3)cc21. The molecule has 0 unspecified atom stereocenters. The van der Waals surface area contributed by atoms with Crippen molar-refractivity contribution in [3.05, 3.63) is 59.1 Å². The summed E-state index contributed by atoms with van der Waals surface area (Å²) in [4.78, 5) is 23.3. The van der Waals surface area contributed by atoms with E-state index in [2.05, 4.69) is 10.6 Å². The highest BCUT2D eigenvalue weighted by molar-refractivity contribution is 5.91. The fourth-order valence-corrected chi connectivity index (χ4v) is 2.23. The number of urea groups is 1. The Kier molecular flexibility index (Phi) is 4.51. The zero-order valence-corrected chi connectivity index (χ0v) is 13.1. The number of fused-ring (bicyclic) bond motifs is 1. The molecule has 7 heteroatoms. The van der Waals surface area contributed by atoms with E-state index in [0.29, 0.717) is 29.9 Å². The lowest BCUT2D eigenvalue weighted by atomic mass is 10.3. The van der Waals surface area contributed by atoms with Crippen LogP contribution in [-0.4, -0.2) is 23.7 Å². The van der Waals surface area contributed by atoms with E-state index in [-0.39, 0.29) is 6.03 Å². The maximum absolute atomic E-state index is 11.9. The van der Waals surface area contributed by atoms with E-state index in [1.807, 2.05) is 30.3 Å². The molecule has 124 valence electrons. The number of hydrogen-bond acceptors (Lipinski definition) is 4. The maximum Gasteiger partial charge on any atom is 0.419 e. The van der Waals surface area contributed by atoms with Gasteiger partial charge in [-0.15, -0.1) is 0 Å². The van der Waals surface area contributed by atoms with Crippen LogP contribution in [0, 0.1) is 0 Å². The second-order valence-electron chi connectivity index (χ2n) is 5.15. The number of nitrogens with one attached hydrogen (secondary N) is 2. The zero-order chi connectivity index (χ0) is 16.9. The Morgan fingerprint density at radius 1 is 1.21 bits per heavy atom. The number of para-hydroxylation sites is 1. The molecule has 1 aromatic heterocycles. The number of hydrogen-bond donors (Lipinski definition) is 2. The van der Waals surface area contributed by atoms with Crippen molar-refractivity contribution in [3.8, 4) is 5.75 Å². The number of ether oxygens (including phenoxy) is 1. The van der Waals surface area contributed by atoms with E-state index in [9.17, 15) is 9.59 Å². The summed E-state index contributed by atoms with van der Waals surface area (Å²) >= 11 is 0.